The standard InChI is InChI=1S/C29H25N3O2S2/c1-3-31-28(33)26(36-29(31)35)17-23-18-32(24-9-5-4-6-10-24)30-27(23)22-8-7-11-25(16-22)34-19-21-14-12-20(2)13-15-21/h4-18H,3,19H2,1-2H3. The second-order valence-electron chi connectivity index (χ2n) is 8.44. The Bertz CT molecular complexity index is 1440. The predicted octanol–water partition coefficient (Wildman–Crippen LogP) is 6.65. The van der Waals surface area contributed by atoms with Crippen LogP contribution in [0.3, 0.4) is 0 Å². The first-order chi connectivity index (χ1) is 17.5. The molecule has 0 saturated carbocycles. The highest BCUT2D eigenvalue weighted by Crippen LogP contribution is 2.35. The van der Waals surface area contributed by atoms with Crippen molar-refractivity contribution in [2.75, 3.05) is 6.54 Å². The molecule has 1 aliphatic heterocycles. The van der Waals surface area contributed by atoms with E-state index in [4.69, 9.17) is 22.1 Å². The third-order valence-electron chi connectivity index (χ3n) is 5.87. The summed E-state index contributed by atoms with van der Waals surface area (Å²) in [7, 11) is 0. The lowest BCUT2D eigenvalue weighted by Crippen LogP contribution is -2.27. The van der Waals surface area contributed by atoms with Crippen LogP contribution in [0.2, 0.25) is 0 Å². The van der Waals surface area contributed by atoms with E-state index in [1.807, 2.05) is 78.5 Å². The number of carbonyl (C=O) groups excluding carboxylic acids is 1. The molecule has 1 saturated heterocycles. The molecule has 1 fully saturated rings. The van der Waals surface area contributed by atoms with Crippen LogP contribution in [0.4, 0.5) is 0 Å². The summed E-state index contributed by atoms with van der Waals surface area (Å²) in [5.74, 6) is 0.687. The molecule has 0 unspecified atom stereocenters. The highest BCUT2D eigenvalue weighted by Gasteiger charge is 2.31. The quantitative estimate of drug-likeness (QED) is 0.205. The van der Waals surface area contributed by atoms with Gasteiger partial charge in [-0.15, -0.1) is 0 Å². The van der Waals surface area contributed by atoms with Gasteiger partial charge in [0.05, 0.1) is 10.6 Å². The minimum Gasteiger partial charge on any atom is -0.489 e. The number of aromatic nitrogens is 2. The van der Waals surface area contributed by atoms with E-state index in [1.54, 1.807) is 4.90 Å². The van der Waals surface area contributed by atoms with E-state index in [0.29, 0.717) is 22.4 Å². The van der Waals surface area contributed by atoms with E-state index in [1.165, 1.54) is 17.3 Å². The zero-order valence-corrected chi connectivity index (χ0v) is 21.7. The molecular weight excluding hydrogens is 486 g/mol. The monoisotopic (exact) mass is 511 g/mol. The smallest absolute Gasteiger partial charge is 0.266 e. The van der Waals surface area contributed by atoms with Crippen molar-refractivity contribution in [1.29, 1.82) is 0 Å². The minimum absolute atomic E-state index is 0.0684. The van der Waals surface area contributed by atoms with Crippen LogP contribution in [0.5, 0.6) is 5.75 Å². The van der Waals surface area contributed by atoms with Gasteiger partial charge in [0.15, 0.2) is 0 Å². The molecule has 0 spiro atoms. The van der Waals surface area contributed by atoms with Gasteiger partial charge in [0.25, 0.3) is 5.91 Å². The van der Waals surface area contributed by atoms with Crippen LogP contribution >= 0.6 is 24.0 Å². The maximum Gasteiger partial charge on any atom is 0.266 e. The summed E-state index contributed by atoms with van der Waals surface area (Å²) in [6, 6.07) is 26.1. The lowest BCUT2D eigenvalue weighted by molar-refractivity contribution is -0.121. The molecule has 1 amide bonds. The Kier molecular flexibility index (Phi) is 7.02. The Morgan fingerprint density at radius 3 is 2.53 bits per heavy atom. The van der Waals surface area contributed by atoms with Gasteiger partial charge in [-0.05, 0) is 49.8 Å². The number of thioether (sulfide) groups is 1. The van der Waals surface area contributed by atoms with E-state index in [9.17, 15) is 4.79 Å². The first-order valence-corrected chi connectivity index (χ1v) is 12.9. The van der Waals surface area contributed by atoms with Crippen molar-refractivity contribution in [2.24, 2.45) is 0 Å². The zero-order chi connectivity index (χ0) is 25.1. The van der Waals surface area contributed by atoms with Gasteiger partial charge in [0.1, 0.15) is 22.4 Å². The molecule has 4 aromatic rings. The number of amides is 1. The van der Waals surface area contributed by atoms with E-state index in [-0.39, 0.29) is 5.91 Å². The number of ether oxygens (including phenoxy) is 1. The largest absolute Gasteiger partial charge is 0.489 e. The van der Waals surface area contributed by atoms with Crippen LogP contribution in [-0.4, -0.2) is 31.5 Å². The third-order valence-corrected chi connectivity index (χ3v) is 7.25. The maximum absolute atomic E-state index is 12.9. The number of nitrogens with zero attached hydrogens (tertiary/aromatic N) is 3. The lowest BCUT2D eigenvalue weighted by Gasteiger charge is -2.09. The Balaban J connectivity index is 1.50. The normalized spacial score (nSPS) is 14.6. The summed E-state index contributed by atoms with van der Waals surface area (Å²) in [4.78, 5) is 15.1. The van der Waals surface area contributed by atoms with E-state index >= 15 is 0 Å². The SMILES string of the molecule is CCN1C(=O)C(=Cc2cn(-c3ccccc3)nc2-c2cccc(OCc3ccc(C)cc3)c2)SC1=S. The third kappa shape index (κ3) is 5.12. The topological polar surface area (TPSA) is 47.4 Å². The molecule has 36 heavy (non-hydrogen) atoms. The van der Waals surface area contributed by atoms with Crippen molar-refractivity contribution in [3.05, 3.63) is 107 Å². The molecule has 0 N–H and O–H groups in total. The minimum atomic E-state index is -0.0684. The number of para-hydroxylation sites is 1. The van der Waals surface area contributed by atoms with Crippen LogP contribution < -0.4 is 4.74 Å². The molecule has 7 heteroatoms. The van der Waals surface area contributed by atoms with Crippen LogP contribution in [0, 0.1) is 6.92 Å². The van der Waals surface area contributed by atoms with Gasteiger partial charge < -0.3 is 4.74 Å². The van der Waals surface area contributed by atoms with Crippen molar-refractivity contribution in [3.63, 3.8) is 0 Å². The fourth-order valence-corrected chi connectivity index (χ4v) is 5.30. The van der Waals surface area contributed by atoms with E-state index in [2.05, 4.69) is 31.2 Å². The Morgan fingerprint density at radius 2 is 1.81 bits per heavy atom. The number of hydrogen-bond donors (Lipinski definition) is 0. The van der Waals surface area contributed by atoms with Crippen LogP contribution in [0.25, 0.3) is 23.0 Å². The zero-order valence-electron chi connectivity index (χ0n) is 20.0. The molecule has 2 heterocycles. The number of hydrogen-bond acceptors (Lipinski definition) is 5. The number of likely N-dealkylation sites (N-methyl/N-ethyl adjacent to an activating group) is 1. The van der Waals surface area contributed by atoms with Crippen LogP contribution in [0.15, 0.2) is 90.0 Å². The Labute approximate surface area is 220 Å². The molecule has 5 rings (SSSR count). The summed E-state index contributed by atoms with van der Waals surface area (Å²) < 4.78 is 8.50. The molecule has 180 valence electrons. The number of carbonyl (C=O) groups is 1. The molecule has 5 nitrogen and oxygen atoms in total. The molecule has 0 radical (unpaired) electrons. The Morgan fingerprint density at radius 1 is 1.03 bits per heavy atom. The lowest BCUT2D eigenvalue weighted by atomic mass is 10.1. The van der Waals surface area contributed by atoms with Crippen molar-refractivity contribution < 1.29 is 9.53 Å². The fourth-order valence-electron chi connectivity index (χ4n) is 3.93. The van der Waals surface area contributed by atoms with Gasteiger partial charge in [-0.25, -0.2) is 4.68 Å². The molecule has 1 aromatic heterocycles. The van der Waals surface area contributed by atoms with Crippen LogP contribution in [0.1, 0.15) is 23.6 Å². The number of thiocarbonyl (C=S) groups is 1. The van der Waals surface area contributed by atoms with Crippen molar-refractivity contribution in [3.8, 4) is 22.7 Å². The molecule has 0 aliphatic carbocycles. The van der Waals surface area contributed by atoms with Gasteiger partial charge in [0.2, 0.25) is 0 Å². The summed E-state index contributed by atoms with van der Waals surface area (Å²) in [6.07, 6.45) is 3.83. The average Bonchev–Trinajstić information content (AvgIpc) is 3.44. The second kappa shape index (κ2) is 10.5. The van der Waals surface area contributed by atoms with Crippen molar-refractivity contribution >= 4 is 40.3 Å². The first-order valence-electron chi connectivity index (χ1n) is 11.7. The summed E-state index contributed by atoms with van der Waals surface area (Å²) in [5.41, 5.74) is 5.78. The Hall–Kier alpha value is -3.68. The average molecular weight is 512 g/mol. The van der Waals surface area contributed by atoms with Gasteiger partial charge in [-0.2, -0.15) is 5.10 Å². The van der Waals surface area contributed by atoms with Gasteiger partial charge >= 0.3 is 0 Å². The fraction of sp³-hybridized carbons (Fsp3) is 0.138. The van der Waals surface area contributed by atoms with Gasteiger partial charge in [0, 0.05) is 23.9 Å². The van der Waals surface area contributed by atoms with Gasteiger partial charge in [-0.3, -0.25) is 9.69 Å². The molecule has 3 aromatic carbocycles. The highest BCUT2D eigenvalue weighted by atomic mass is 32.2. The summed E-state index contributed by atoms with van der Waals surface area (Å²) >= 11 is 6.73. The molecule has 0 atom stereocenters. The van der Waals surface area contributed by atoms with Crippen molar-refractivity contribution in [1.82, 2.24) is 14.7 Å². The molecule has 0 bridgehead atoms. The number of benzene rings is 3. The second-order valence-corrected chi connectivity index (χ2v) is 10.1. The predicted molar refractivity (Wildman–Crippen MR) is 150 cm³/mol. The molecular formula is C29H25N3O2S2. The van der Waals surface area contributed by atoms with Crippen LogP contribution in [-0.2, 0) is 11.4 Å². The summed E-state index contributed by atoms with van der Waals surface area (Å²) in [5, 5.41) is 4.89. The van der Waals surface area contributed by atoms with Gasteiger partial charge in [-0.1, -0.05) is 84.1 Å². The van der Waals surface area contributed by atoms with E-state index in [0.717, 1.165) is 33.8 Å². The number of aryl methyl sites for hydroxylation is 1. The molecule has 1 aliphatic rings. The van der Waals surface area contributed by atoms with Crippen molar-refractivity contribution in [2.45, 2.75) is 20.5 Å². The van der Waals surface area contributed by atoms with E-state index < -0.39 is 0 Å². The number of rotatable bonds is 7. The summed E-state index contributed by atoms with van der Waals surface area (Å²) in [6.45, 7) is 5.03. The maximum atomic E-state index is 12.9. The first kappa shape index (κ1) is 24.0. The highest BCUT2D eigenvalue weighted by molar-refractivity contribution is 8.26.